The normalized spacial score (nSPS) is 18.4. The lowest BCUT2D eigenvalue weighted by atomic mass is 10.1. The van der Waals surface area contributed by atoms with E-state index < -0.39 is 23.5 Å². The molecule has 0 atom stereocenters. The number of nitrogens with zero attached hydrogens (tertiary/aromatic N) is 6. The molecule has 3 aromatic heterocycles. The number of aromatic nitrogens is 5. The van der Waals surface area contributed by atoms with Crippen molar-refractivity contribution < 1.29 is 18.0 Å². The van der Waals surface area contributed by atoms with Gasteiger partial charge in [0.25, 0.3) is 5.91 Å². The lowest BCUT2D eigenvalue weighted by molar-refractivity contribution is -0.140. The van der Waals surface area contributed by atoms with Crippen LogP contribution >= 0.6 is 0 Å². The maximum Gasteiger partial charge on any atom is 0.437 e. The van der Waals surface area contributed by atoms with Gasteiger partial charge in [-0.05, 0) is 31.9 Å². The zero-order chi connectivity index (χ0) is 21.8. The van der Waals surface area contributed by atoms with Crippen LogP contribution in [0.1, 0.15) is 35.3 Å². The molecule has 1 saturated carbocycles. The van der Waals surface area contributed by atoms with E-state index in [0.717, 1.165) is 55.6 Å². The van der Waals surface area contributed by atoms with E-state index in [-0.39, 0.29) is 11.1 Å². The SMILES string of the molecule is Cn1cc(NC(=O)c2cnn3ccc(N4CCNCCC45CC5)nc23)c(C(F)(F)F)n1. The molecule has 2 N–H and O–H groups in total. The minimum Gasteiger partial charge on any atom is -0.349 e. The monoisotopic (exact) mass is 434 g/mol. The number of aryl methyl sites for hydroxylation is 1. The van der Waals surface area contributed by atoms with Gasteiger partial charge in [0.05, 0.1) is 11.9 Å². The van der Waals surface area contributed by atoms with Gasteiger partial charge in [-0.25, -0.2) is 9.50 Å². The number of amides is 1. The first kappa shape index (κ1) is 19.8. The van der Waals surface area contributed by atoms with Gasteiger partial charge in [0, 0.05) is 38.1 Å². The van der Waals surface area contributed by atoms with Crippen molar-refractivity contribution >= 4 is 23.1 Å². The second-order valence-corrected chi connectivity index (χ2v) is 8.01. The van der Waals surface area contributed by atoms with Crippen LogP contribution in [0.2, 0.25) is 0 Å². The third kappa shape index (κ3) is 3.50. The highest BCUT2D eigenvalue weighted by Crippen LogP contribution is 2.46. The summed E-state index contributed by atoms with van der Waals surface area (Å²) >= 11 is 0. The zero-order valence-electron chi connectivity index (χ0n) is 16.8. The molecule has 0 bridgehead atoms. The van der Waals surface area contributed by atoms with Crippen LogP contribution in [0, 0.1) is 0 Å². The molecule has 12 heteroatoms. The summed E-state index contributed by atoms with van der Waals surface area (Å²) in [5.41, 5.74) is -1.08. The van der Waals surface area contributed by atoms with E-state index in [0.29, 0.717) is 5.65 Å². The summed E-state index contributed by atoms with van der Waals surface area (Å²) in [6.45, 7) is 2.58. The van der Waals surface area contributed by atoms with Crippen molar-refractivity contribution in [3.8, 4) is 0 Å². The number of carbonyl (C=O) groups is 1. The minimum absolute atomic E-state index is 0.0919. The highest BCUT2D eigenvalue weighted by Gasteiger charge is 2.48. The van der Waals surface area contributed by atoms with E-state index in [4.69, 9.17) is 0 Å². The number of hydrogen-bond acceptors (Lipinski definition) is 6. The van der Waals surface area contributed by atoms with Gasteiger partial charge in [-0.1, -0.05) is 0 Å². The van der Waals surface area contributed by atoms with Crippen molar-refractivity contribution in [3.63, 3.8) is 0 Å². The first-order valence-electron chi connectivity index (χ1n) is 10.0. The van der Waals surface area contributed by atoms with E-state index in [1.807, 2.05) is 6.07 Å². The van der Waals surface area contributed by atoms with Crippen LogP contribution in [0.15, 0.2) is 24.7 Å². The predicted molar refractivity (Wildman–Crippen MR) is 106 cm³/mol. The molecule has 5 rings (SSSR count). The lowest BCUT2D eigenvalue weighted by Gasteiger charge is -2.31. The van der Waals surface area contributed by atoms with Gasteiger partial charge in [0.1, 0.15) is 11.4 Å². The summed E-state index contributed by atoms with van der Waals surface area (Å²) in [5, 5.41) is 13.3. The molecule has 1 aliphatic heterocycles. The molecule has 1 spiro atoms. The van der Waals surface area contributed by atoms with Gasteiger partial charge in [-0.3, -0.25) is 9.48 Å². The summed E-state index contributed by atoms with van der Waals surface area (Å²) in [6.07, 6.45) is 2.66. The number of carbonyl (C=O) groups excluding carboxylic acids is 1. The fourth-order valence-electron chi connectivity index (χ4n) is 4.18. The Labute approximate surface area is 175 Å². The van der Waals surface area contributed by atoms with Crippen molar-refractivity contribution in [2.75, 3.05) is 29.9 Å². The summed E-state index contributed by atoms with van der Waals surface area (Å²) in [7, 11) is 1.36. The summed E-state index contributed by atoms with van der Waals surface area (Å²) in [5.74, 6) is 0.0115. The van der Waals surface area contributed by atoms with E-state index in [1.54, 1.807) is 6.20 Å². The summed E-state index contributed by atoms with van der Waals surface area (Å²) < 4.78 is 42.1. The minimum atomic E-state index is -4.68. The fourth-order valence-corrected chi connectivity index (χ4v) is 4.18. The van der Waals surface area contributed by atoms with Gasteiger partial charge >= 0.3 is 6.18 Å². The van der Waals surface area contributed by atoms with E-state index in [2.05, 4.69) is 30.7 Å². The third-order valence-electron chi connectivity index (χ3n) is 5.90. The molecule has 164 valence electrons. The molecule has 3 aromatic rings. The van der Waals surface area contributed by atoms with Crippen LogP contribution in [-0.2, 0) is 13.2 Å². The average molecular weight is 434 g/mol. The molecule has 1 aliphatic carbocycles. The van der Waals surface area contributed by atoms with Crippen molar-refractivity contribution in [2.24, 2.45) is 7.05 Å². The van der Waals surface area contributed by atoms with Crippen LogP contribution in [0.4, 0.5) is 24.7 Å². The molecule has 2 fully saturated rings. The van der Waals surface area contributed by atoms with Crippen LogP contribution in [0.25, 0.3) is 5.65 Å². The Morgan fingerprint density at radius 3 is 2.81 bits per heavy atom. The Bertz CT molecular complexity index is 1150. The number of alkyl halides is 3. The van der Waals surface area contributed by atoms with Gasteiger partial charge in [0.2, 0.25) is 0 Å². The largest absolute Gasteiger partial charge is 0.437 e. The smallest absolute Gasteiger partial charge is 0.349 e. The first-order chi connectivity index (χ1) is 14.8. The van der Waals surface area contributed by atoms with Gasteiger partial charge in [-0.2, -0.15) is 23.4 Å². The van der Waals surface area contributed by atoms with Gasteiger partial charge < -0.3 is 15.5 Å². The molecule has 1 amide bonds. The quantitative estimate of drug-likeness (QED) is 0.656. The number of hydrogen-bond donors (Lipinski definition) is 2. The molecule has 1 saturated heterocycles. The van der Waals surface area contributed by atoms with E-state index in [1.165, 1.54) is 17.8 Å². The molecular formula is C19H21F3N8O. The number of rotatable bonds is 3. The summed E-state index contributed by atoms with van der Waals surface area (Å²) in [4.78, 5) is 19.8. The summed E-state index contributed by atoms with van der Waals surface area (Å²) in [6, 6.07) is 1.86. The molecule has 0 unspecified atom stereocenters. The Morgan fingerprint density at radius 1 is 1.26 bits per heavy atom. The molecule has 0 radical (unpaired) electrons. The first-order valence-corrected chi connectivity index (χ1v) is 10.0. The maximum absolute atomic E-state index is 13.2. The van der Waals surface area contributed by atoms with Crippen molar-refractivity contribution in [1.82, 2.24) is 29.7 Å². The zero-order valence-corrected chi connectivity index (χ0v) is 16.8. The lowest BCUT2D eigenvalue weighted by Crippen LogP contribution is -2.39. The van der Waals surface area contributed by atoms with Crippen LogP contribution in [0.3, 0.4) is 0 Å². The standard InChI is InChI=1S/C19H21F3N8O/c1-28-11-13(15(27-28)19(20,21)22)25-17(31)12-10-24-30-8-2-14(26-16(12)30)29-9-7-23-6-5-18(29)3-4-18/h2,8,10-11,23H,3-7,9H2,1H3,(H,25,31). The Kier molecular flexibility index (Phi) is 4.43. The number of fused-ring (bicyclic) bond motifs is 1. The Balaban J connectivity index is 1.47. The predicted octanol–water partition coefficient (Wildman–Crippen LogP) is 2.07. The van der Waals surface area contributed by atoms with Gasteiger partial charge in [-0.15, -0.1) is 0 Å². The molecule has 31 heavy (non-hydrogen) atoms. The van der Waals surface area contributed by atoms with Crippen molar-refractivity contribution in [1.29, 1.82) is 0 Å². The molecule has 2 aliphatic rings. The average Bonchev–Trinajstić information content (AvgIpc) is 3.29. The number of nitrogens with one attached hydrogen (secondary N) is 2. The van der Waals surface area contributed by atoms with E-state index >= 15 is 0 Å². The van der Waals surface area contributed by atoms with Crippen LogP contribution in [0.5, 0.6) is 0 Å². The third-order valence-corrected chi connectivity index (χ3v) is 5.90. The highest BCUT2D eigenvalue weighted by atomic mass is 19.4. The fraction of sp³-hybridized carbons (Fsp3) is 0.474. The van der Waals surface area contributed by atoms with Crippen LogP contribution < -0.4 is 15.5 Å². The Hall–Kier alpha value is -3.15. The molecule has 4 heterocycles. The molecule has 0 aromatic carbocycles. The molecular weight excluding hydrogens is 413 g/mol. The number of anilines is 2. The van der Waals surface area contributed by atoms with E-state index in [9.17, 15) is 18.0 Å². The van der Waals surface area contributed by atoms with Crippen LogP contribution in [-0.4, -0.2) is 55.5 Å². The molecule has 9 nitrogen and oxygen atoms in total. The number of halogens is 3. The van der Waals surface area contributed by atoms with Crippen molar-refractivity contribution in [2.45, 2.75) is 31.0 Å². The second kappa shape index (κ2) is 6.94. The van der Waals surface area contributed by atoms with Crippen molar-refractivity contribution in [3.05, 3.63) is 35.9 Å². The topological polar surface area (TPSA) is 92.4 Å². The Morgan fingerprint density at radius 2 is 2.06 bits per heavy atom. The highest BCUT2D eigenvalue weighted by molar-refractivity contribution is 6.08. The maximum atomic E-state index is 13.2. The second-order valence-electron chi connectivity index (χ2n) is 8.01. The van der Waals surface area contributed by atoms with Gasteiger partial charge in [0.15, 0.2) is 11.3 Å².